The molecule has 122 valence electrons. The minimum Gasteiger partial charge on any atom is -0.321 e. The summed E-state index contributed by atoms with van der Waals surface area (Å²) in [5.41, 5.74) is 4.50. The molecule has 1 unspecified atom stereocenters. The number of benzene rings is 1. The fourth-order valence-electron chi connectivity index (χ4n) is 3.72. The normalized spacial score (nSPS) is 20.7. The highest BCUT2D eigenvalue weighted by atomic mass is 32.1. The van der Waals surface area contributed by atoms with Gasteiger partial charge in [-0.25, -0.2) is 0 Å². The number of rotatable bonds is 4. The van der Waals surface area contributed by atoms with Crippen LogP contribution in [0.5, 0.6) is 0 Å². The molecule has 2 atom stereocenters. The lowest BCUT2D eigenvalue weighted by molar-refractivity contribution is -0.910. The summed E-state index contributed by atoms with van der Waals surface area (Å²) in [4.78, 5) is 15.4. The number of likely N-dealkylation sites (tertiary alicyclic amines) is 1. The van der Waals surface area contributed by atoms with E-state index in [1.165, 1.54) is 28.2 Å². The Kier molecular flexibility index (Phi) is 4.83. The second-order valence-corrected chi connectivity index (χ2v) is 7.60. The highest BCUT2D eigenvalue weighted by molar-refractivity contribution is 7.10. The first-order valence-corrected chi connectivity index (χ1v) is 9.18. The molecule has 4 heteroatoms. The monoisotopic (exact) mass is 329 g/mol. The Hall–Kier alpha value is -1.65. The fourth-order valence-corrected chi connectivity index (χ4v) is 4.64. The van der Waals surface area contributed by atoms with Crippen molar-refractivity contribution in [2.45, 2.75) is 39.7 Å². The van der Waals surface area contributed by atoms with Crippen molar-refractivity contribution in [1.29, 1.82) is 0 Å². The second-order valence-electron chi connectivity index (χ2n) is 6.62. The van der Waals surface area contributed by atoms with Gasteiger partial charge in [0, 0.05) is 18.5 Å². The van der Waals surface area contributed by atoms with Gasteiger partial charge in [0.25, 0.3) is 5.91 Å². The molecule has 1 saturated heterocycles. The Bertz CT molecular complexity index is 670. The van der Waals surface area contributed by atoms with Gasteiger partial charge in [0.2, 0.25) is 0 Å². The molecular weight excluding hydrogens is 304 g/mol. The molecule has 1 aliphatic rings. The Balaban J connectivity index is 1.68. The fraction of sp³-hybridized carbons (Fsp3) is 0.421. The number of aryl methyl sites for hydroxylation is 3. The standard InChI is InChI=1S/C19H24N2OS/c1-13-10-14(2)19(15(3)11-13)20-18(22)12-21-8-4-6-16(21)17-7-5-9-23-17/h5,7,9-11,16H,4,6,8,12H2,1-3H3,(H,20,22)/p+1/t16-/m1/s1. The number of nitrogens with one attached hydrogen (secondary N) is 2. The van der Waals surface area contributed by atoms with E-state index in [1.807, 2.05) is 11.3 Å². The molecule has 0 spiro atoms. The number of hydrogen-bond donors (Lipinski definition) is 2. The smallest absolute Gasteiger partial charge is 0.279 e. The number of hydrogen-bond acceptors (Lipinski definition) is 2. The molecule has 3 nitrogen and oxygen atoms in total. The summed E-state index contributed by atoms with van der Waals surface area (Å²) < 4.78 is 0. The molecule has 2 aromatic rings. The van der Waals surface area contributed by atoms with E-state index in [9.17, 15) is 4.79 Å². The zero-order chi connectivity index (χ0) is 16.4. The van der Waals surface area contributed by atoms with E-state index in [4.69, 9.17) is 0 Å². The number of amides is 1. The molecule has 0 radical (unpaired) electrons. The summed E-state index contributed by atoms with van der Waals surface area (Å²) in [6, 6.07) is 9.04. The maximum Gasteiger partial charge on any atom is 0.279 e. The first-order valence-electron chi connectivity index (χ1n) is 8.30. The van der Waals surface area contributed by atoms with Crippen molar-refractivity contribution in [3.05, 3.63) is 51.2 Å². The summed E-state index contributed by atoms with van der Waals surface area (Å²) in [5, 5.41) is 5.27. The van der Waals surface area contributed by atoms with Crippen molar-refractivity contribution in [1.82, 2.24) is 0 Å². The average molecular weight is 329 g/mol. The van der Waals surface area contributed by atoms with Crippen LogP contribution >= 0.6 is 11.3 Å². The minimum atomic E-state index is 0.124. The Morgan fingerprint density at radius 2 is 2.04 bits per heavy atom. The molecule has 23 heavy (non-hydrogen) atoms. The van der Waals surface area contributed by atoms with Crippen LogP contribution in [0, 0.1) is 20.8 Å². The molecule has 1 aromatic heterocycles. The van der Waals surface area contributed by atoms with Crippen molar-refractivity contribution in [3.8, 4) is 0 Å². The second kappa shape index (κ2) is 6.85. The van der Waals surface area contributed by atoms with Crippen LogP contribution < -0.4 is 10.2 Å². The van der Waals surface area contributed by atoms with E-state index in [0.29, 0.717) is 12.6 Å². The first-order chi connectivity index (χ1) is 11.0. The molecule has 3 rings (SSSR count). The molecule has 1 fully saturated rings. The zero-order valence-electron chi connectivity index (χ0n) is 14.1. The minimum absolute atomic E-state index is 0.124. The third-order valence-corrected chi connectivity index (χ3v) is 5.69. The Morgan fingerprint density at radius 1 is 1.30 bits per heavy atom. The van der Waals surface area contributed by atoms with Gasteiger partial charge in [-0.15, -0.1) is 11.3 Å². The molecular formula is C19H25N2OS+. The molecule has 0 aliphatic carbocycles. The van der Waals surface area contributed by atoms with Gasteiger partial charge in [-0.3, -0.25) is 4.79 Å². The predicted molar refractivity (Wildman–Crippen MR) is 96.3 cm³/mol. The van der Waals surface area contributed by atoms with Gasteiger partial charge >= 0.3 is 0 Å². The van der Waals surface area contributed by atoms with E-state index >= 15 is 0 Å². The van der Waals surface area contributed by atoms with Crippen LogP contribution in [-0.4, -0.2) is 19.0 Å². The number of carbonyl (C=O) groups excluding carboxylic acids is 1. The van der Waals surface area contributed by atoms with Gasteiger partial charge in [-0.05, 0) is 43.3 Å². The molecule has 2 heterocycles. The highest BCUT2D eigenvalue weighted by Crippen LogP contribution is 2.24. The molecule has 1 amide bonds. The number of quaternary nitrogens is 1. The van der Waals surface area contributed by atoms with E-state index in [2.05, 4.69) is 55.7 Å². The molecule has 1 aliphatic heterocycles. The molecule has 0 saturated carbocycles. The summed E-state index contributed by atoms with van der Waals surface area (Å²) in [7, 11) is 0. The van der Waals surface area contributed by atoms with Gasteiger partial charge in [0.1, 0.15) is 6.04 Å². The first kappa shape index (κ1) is 16.2. The van der Waals surface area contributed by atoms with Crippen molar-refractivity contribution in [2.24, 2.45) is 0 Å². The maximum absolute atomic E-state index is 12.5. The molecule has 2 N–H and O–H groups in total. The van der Waals surface area contributed by atoms with Crippen LogP contribution in [-0.2, 0) is 4.79 Å². The van der Waals surface area contributed by atoms with Gasteiger partial charge in [-0.2, -0.15) is 0 Å². The third-order valence-electron chi connectivity index (χ3n) is 4.70. The third kappa shape index (κ3) is 3.65. The van der Waals surface area contributed by atoms with Crippen molar-refractivity contribution in [2.75, 3.05) is 18.4 Å². The van der Waals surface area contributed by atoms with Crippen LogP contribution in [0.4, 0.5) is 5.69 Å². The topological polar surface area (TPSA) is 33.5 Å². The van der Waals surface area contributed by atoms with Gasteiger partial charge in [0.05, 0.1) is 11.4 Å². The van der Waals surface area contributed by atoms with Gasteiger partial charge in [0.15, 0.2) is 6.54 Å². The van der Waals surface area contributed by atoms with E-state index in [0.717, 1.165) is 23.4 Å². The Labute approximate surface area is 142 Å². The summed E-state index contributed by atoms with van der Waals surface area (Å²) in [6.07, 6.45) is 2.39. The van der Waals surface area contributed by atoms with E-state index < -0.39 is 0 Å². The number of anilines is 1. The maximum atomic E-state index is 12.5. The molecule has 0 bridgehead atoms. The largest absolute Gasteiger partial charge is 0.321 e. The van der Waals surface area contributed by atoms with E-state index in [1.54, 1.807) is 0 Å². The van der Waals surface area contributed by atoms with Crippen LogP contribution in [0.1, 0.15) is 40.5 Å². The van der Waals surface area contributed by atoms with E-state index in [-0.39, 0.29) is 5.91 Å². The van der Waals surface area contributed by atoms with Gasteiger partial charge in [-0.1, -0.05) is 23.8 Å². The summed E-state index contributed by atoms with van der Waals surface area (Å²) in [5.74, 6) is 0.124. The summed E-state index contributed by atoms with van der Waals surface area (Å²) >= 11 is 1.81. The predicted octanol–water partition coefficient (Wildman–Crippen LogP) is 3.03. The van der Waals surface area contributed by atoms with Crippen molar-refractivity contribution >= 4 is 22.9 Å². The lowest BCUT2D eigenvalue weighted by Gasteiger charge is -2.21. The lowest BCUT2D eigenvalue weighted by Crippen LogP contribution is -3.11. The number of carbonyl (C=O) groups is 1. The zero-order valence-corrected chi connectivity index (χ0v) is 14.9. The summed E-state index contributed by atoms with van der Waals surface area (Å²) in [6.45, 7) is 7.85. The SMILES string of the molecule is Cc1cc(C)c(NC(=O)C[NH+]2CCC[C@@H]2c2cccs2)c(C)c1. The van der Waals surface area contributed by atoms with Crippen molar-refractivity contribution in [3.63, 3.8) is 0 Å². The van der Waals surface area contributed by atoms with Gasteiger partial charge < -0.3 is 10.2 Å². The van der Waals surface area contributed by atoms with Crippen LogP contribution in [0.15, 0.2) is 29.6 Å². The number of thiophene rings is 1. The average Bonchev–Trinajstić information content (AvgIpc) is 3.13. The molecule has 1 aromatic carbocycles. The quantitative estimate of drug-likeness (QED) is 0.888. The lowest BCUT2D eigenvalue weighted by atomic mass is 10.1. The van der Waals surface area contributed by atoms with Crippen LogP contribution in [0.3, 0.4) is 0 Å². The Morgan fingerprint density at radius 3 is 2.70 bits per heavy atom. The van der Waals surface area contributed by atoms with Crippen LogP contribution in [0.25, 0.3) is 0 Å². The van der Waals surface area contributed by atoms with Crippen molar-refractivity contribution < 1.29 is 9.69 Å². The highest BCUT2D eigenvalue weighted by Gasteiger charge is 2.32. The van der Waals surface area contributed by atoms with Crippen LogP contribution in [0.2, 0.25) is 0 Å².